The Labute approximate surface area is 148 Å². The van der Waals surface area contributed by atoms with E-state index < -0.39 is 0 Å². The lowest BCUT2D eigenvalue weighted by atomic mass is 10.1. The second kappa shape index (κ2) is 8.99. The van der Waals surface area contributed by atoms with Gasteiger partial charge in [0.25, 0.3) is 11.8 Å². The number of benzene rings is 2. The molecule has 0 aliphatic rings. The monoisotopic (exact) mass is 340 g/mol. The molecule has 0 radical (unpaired) electrons. The summed E-state index contributed by atoms with van der Waals surface area (Å²) in [6.45, 7) is 5.10. The molecule has 5 nitrogen and oxygen atoms in total. The Morgan fingerprint density at radius 1 is 1.00 bits per heavy atom. The van der Waals surface area contributed by atoms with E-state index in [4.69, 9.17) is 4.74 Å². The molecule has 0 atom stereocenters. The zero-order valence-corrected chi connectivity index (χ0v) is 14.9. The van der Waals surface area contributed by atoms with Crippen molar-refractivity contribution in [3.8, 4) is 0 Å². The van der Waals surface area contributed by atoms with Crippen LogP contribution in [0.15, 0.2) is 42.5 Å². The largest absolute Gasteiger partial charge is 0.385 e. The maximum atomic E-state index is 12.5. The minimum atomic E-state index is -0.234. The van der Waals surface area contributed by atoms with E-state index in [1.54, 1.807) is 31.4 Å². The Hall–Kier alpha value is -2.66. The minimum absolute atomic E-state index is 0.197. The highest BCUT2D eigenvalue weighted by Gasteiger charge is 2.12. The SMILES string of the molecule is COCCCNC(=O)c1cccc(C(=O)Nc2cccc(C)c2C)c1. The van der Waals surface area contributed by atoms with Crippen LogP contribution in [-0.4, -0.2) is 32.1 Å². The summed E-state index contributed by atoms with van der Waals surface area (Å²) >= 11 is 0. The average Bonchev–Trinajstić information content (AvgIpc) is 2.62. The summed E-state index contributed by atoms with van der Waals surface area (Å²) < 4.78 is 4.95. The molecule has 0 aliphatic carbocycles. The number of amides is 2. The Kier molecular flexibility index (Phi) is 6.71. The van der Waals surface area contributed by atoms with Gasteiger partial charge in [0.15, 0.2) is 0 Å². The molecule has 2 aromatic carbocycles. The van der Waals surface area contributed by atoms with Crippen LogP contribution in [0, 0.1) is 13.8 Å². The van der Waals surface area contributed by atoms with Crippen molar-refractivity contribution in [3.05, 3.63) is 64.7 Å². The summed E-state index contributed by atoms with van der Waals surface area (Å²) in [5, 5.41) is 5.72. The van der Waals surface area contributed by atoms with E-state index in [2.05, 4.69) is 10.6 Å². The number of hydrogen-bond acceptors (Lipinski definition) is 3. The van der Waals surface area contributed by atoms with Gasteiger partial charge >= 0.3 is 0 Å². The molecule has 0 aromatic heterocycles. The first-order valence-electron chi connectivity index (χ1n) is 8.27. The van der Waals surface area contributed by atoms with E-state index in [9.17, 15) is 9.59 Å². The molecule has 2 N–H and O–H groups in total. The van der Waals surface area contributed by atoms with Gasteiger partial charge in [0.1, 0.15) is 0 Å². The van der Waals surface area contributed by atoms with Gasteiger partial charge in [0.2, 0.25) is 0 Å². The van der Waals surface area contributed by atoms with Crippen LogP contribution < -0.4 is 10.6 Å². The number of carbonyl (C=O) groups is 2. The molecule has 0 fully saturated rings. The fraction of sp³-hybridized carbons (Fsp3) is 0.300. The fourth-order valence-electron chi connectivity index (χ4n) is 2.40. The molecule has 2 rings (SSSR count). The van der Waals surface area contributed by atoms with Crippen LogP contribution in [0.5, 0.6) is 0 Å². The number of methoxy groups -OCH3 is 1. The molecule has 0 heterocycles. The molecule has 25 heavy (non-hydrogen) atoms. The summed E-state index contributed by atoms with van der Waals surface area (Å²) in [5.41, 5.74) is 3.83. The number of anilines is 1. The first-order chi connectivity index (χ1) is 12.0. The van der Waals surface area contributed by atoms with Gasteiger partial charge in [-0.3, -0.25) is 9.59 Å². The maximum absolute atomic E-state index is 12.5. The van der Waals surface area contributed by atoms with Crippen LogP contribution in [0.2, 0.25) is 0 Å². The zero-order chi connectivity index (χ0) is 18.2. The van der Waals surface area contributed by atoms with Crippen molar-refractivity contribution in [2.75, 3.05) is 25.6 Å². The van der Waals surface area contributed by atoms with Crippen molar-refractivity contribution >= 4 is 17.5 Å². The van der Waals surface area contributed by atoms with E-state index in [0.29, 0.717) is 24.3 Å². The molecule has 0 saturated carbocycles. The Balaban J connectivity index is 2.06. The third-order valence-electron chi connectivity index (χ3n) is 4.05. The average molecular weight is 340 g/mol. The molecule has 0 unspecified atom stereocenters. The van der Waals surface area contributed by atoms with Crippen LogP contribution in [0.1, 0.15) is 38.3 Å². The molecule has 0 aliphatic heterocycles. The van der Waals surface area contributed by atoms with Gasteiger partial charge in [0.05, 0.1) is 0 Å². The lowest BCUT2D eigenvalue weighted by molar-refractivity contribution is 0.0948. The predicted octanol–water partition coefficient (Wildman–Crippen LogP) is 3.32. The highest BCUT2D eigenvalue weighted by Crippen LogP contribution is 2.19. The number of ether oxygens (including phenoxy) is 1. The highest BCUT2D eigenvalue weighted by atomic mass is 16.5. The van der Waals surface area contributed by atoms with Crippen molar-refractivity contribution in [2.24, 2.45) is 0 Å². The molecule has 0 bridgehead atoms. The summed E-state index contributed by atoms with van der Waals surface area (Å²) in [7, 11) is 1.62. The Morgan fingerprint density at radius 3 is 2.40 bits per heavy atom. The summed E-state index contributed by atoms with van der Waals surface area (Å²) in [4.78, 5) is 24.6. The smallest absolute Gasteiger partial charge is 0.255 e. The highest BCUT2D eigenvalue weighted by molar-refractivity contribution is 6.06. The van der Waals surface area contributed by atoms with Crippen LogP contribution in [0.25, 0.3) is 0 Å². The zero-order valence-electron chi connectivity index (χ0n) is 14.9. The fourth-order valence-corrected chi connectivity index (χ4v) is 2.40. The van der Waals surface area contributed by atoms with Crippen LogP contribution >= 0.6 is 0 Å². The van der Waals surface area contributed by atoms with Crippen molar-refractivity contribution in [2.45, 2.75) is 20.3 Å². The molecule has 5 heteroatoms. The quantitative estimate of drug-likeness (QED) is 0.760. The second-order valence-electron chi connectivity index (χ2n) is 5.88. The first-order valence-corrected chi connectivity index (χ1v) is 8.27. The standard InChI is InChI=1S/C20H24N2O3/c1-14-7-4-10-18(15(14)2)22-20(24)17-9-5-8-16(13-17)19(23)21-11-6-12-25-3/h4-5,7-10,13H,6,11-12H2,1-3H3,(H,21,23)(H,22,24). The van der Waals surface area contributed by atoms with E-state index >= 15 is 0 Å². The third kappa shape index (κ3) is 5.16. The lowest BCUT2D eigenvalue weighted by Gasteiger charge is -2.11. The molecule has 0 saturated heterocycles. The number of hydrogen-bond donors (Lipinski definition) is 2. The van der Waals surface area contributed by atoms with E-state index in [-0.39, 0.29) is 11.8 Å². The van der Waals surface area contributed by atoms with Gasteiger partial charge in [-0.25, -0.2) is 0 Å². The van der Waals surface area contributed by atoms with Gasteiger partial charge in [-0.1, -0.05) is 18.2 Å². The number of aryl methyl sites for hydroxylation is 1. The third-order valence-corrected chi connectivity index (χ3v) is 4.05. The second-order valence-corrected chi connectivity index (χ2v) is 5.88. The number of rotatable bonds is 7. The first kappa shape index (κ1) is 18.7. The van der Waals surface area contributed by atoms with Crippen LogP contribution in [0.3, 0.4) is 0 Å². The topological polar surface area (TPSA) is 67.4 Å². The number of carbonyl (C=O) groups excluding carboxylic acids is 2. The van der Waals surface area contributed by atoms with Crippen molar-refractivity contribution in [1.82, 2.24) is 5.32 Å². The normalized spacial score (nSPS) is 10.4. The van der Waals surface area contributed by atoms with E-state index in [1.165, 1.54) is 0 Å². The molecule has 132 valence electrons. The predicted molar refractivity (Wildman–Crippen MR) is 99.1 cm³/mol. The molecule has 0 spiro atoms. The lowest BCUT2D eigenvalue weighted by Crippen LogP contribution is -2.25. The molecule has 2 amide bonds. The molecular weight excluding hydrogens is 316 g/mol. The molecule has 2 aromatic rings. The summed E-state index contributed by atoms with van der Waals surface area (Å²) in [5.74, 6) is -0.430. The van der Waals surface area contributed by atoms with Gasteiger partial charge in [-0.05, 0) is 55.7 Å². The van der Waals surface area contributed by atoms with Crippen LogP contribution in [-0.2, 0) is 4.74 Å². The maximum Gasteiger partial charge on any atom is 0.255 e. The summed E-state index contributed by atoms with van der Waals surface area (Å²) in [6, 6.07) is 12.5. The van der Waals surface area contributed by atoms with E-state index in [1.807, 2.05) is 32.0 Å². The van der Waals surface area contributed by atoms with Gasteiger partial charge in [0, 0.05) is 37.1 Å². The van der Waals surface area contributed by atoms with Gasteiger partial charge in [-0.15, -0.1) is 0 Å². The Bertz CT molecular complexity index is 756. The number of nitrogens with one attached hydrogen (secondary N) is 2. The van der Waals surface area contributed by atoms with Gasteiger partial charge in [-0.2, -0.15) is 0 Å². The molecular formula is C20H24N2O3. The Morgan fingerprint density at radius 2 is 1.68 bits per heavy atom. The van der Waals surface area contributed by atoms with Crippen molar-refractivity contribution < 1.29 is 14.3 Å². The van der Waals surface area contributed by atoms with Crippen LogP contribution in [0.4, 0.5) is 5.69 Å². The van der Waals surface area contributed by atoms with Crippen molar-refractivity contribution in [3.63, 3.8) is 0 Å². The van der Waals surface area contributed by atoms with Gasteiger partial charge < -0.3 is 15.4 Å². The van der Waals surface area contributed by atoms with Crippen molar-refractivity contribution in [1.29, 1.82) is 0 Å². The van der Waals surface area contributed by atoms with E-state index in [0.717, 1.165) is 23.2 Å². The minimum Gasteiger partial charge on any atom is -0.385 e. The summed E-state index contributed by atoms with van der Waals surface area (Å²) in [6.07, 6.45) is 0.745.